The number of anilines is 1. The van der Waals surface area contributed by atoms with Gasteiger partial charge in [-0.15, -0.1) is 22.7 Å². The van der Waals surface area contributed by atoms with Crippen LogP contribution < -0.4 is 10.2 Å². The van der Waals surface area contributed by atoms with Crippen molar-refractivity contribution in [2.45, 2.75) is 45.6 Å². The molecule has 1 aliphatic rings. The molecule has 1 atom stereocenters. The third-order valence-corrected chi connectivity index (χ3v) is 6.91. The molecule has 2 N–H and O–H groups in total. The summed E-state index contributed by atoms with van der Waals surface area (Å²) in [6.45, 7) is 3.37. The minimum Gasteiger partial charge on any atom is -0.325 e. The Bertz CT molecular complexity index is 800. The van der Waals surface area contributed by atoms with Crippen LogP contribution in [-0.2, 0) is 24.2 Å². The first kappa shape index (κ1) is 18.1. The number of carbonyl (C=O) groups excluding carboxylic acids is 1. The average molecular weight is 375 g/mol. The Hall–Kier alpha value is -1.68. The molecule has 2 aromatic heterocycles. The Morgan fingerprint density at radius 3 is 2.88 bits per heavy atom. The molecule has 0 spiro atoms. The van der Waals surface area contributed by atoms with Crippen LogP contribution in [0.2, 0.25) is 0 Å². The van der Waals surface area contributed by atoms with E-state index in [1.165, 1.54) is 33.7 Å². The number of likely N-dealkylation sites (N-methyl/N-ethyl adjacent to an activating group) is 1. The molecule has 0 saturated carbocycles. The van der Waals surface area contributed by atoms with E-state index in [9.17, 15) is 10.1 Å². The molecular formula is C19H24N3OS2+. The Morgan fingerprint density at radius 1 is 1.36 bits per heavy atom. The quantitative estimate of drug-likeness (QED) is 0.791. The molecule has 0 radical (unpaired) electrons. The number of thiophene rings is 2. The van der Waals surface area contributed by atoms with Crippen LogP contribution in [0.1, 0.15) is 45.7 Å². The number of amides is 1. The third-order valence-electron chi connectivity index (χ3n) is 4.68. The topological polar surface area (TPSA) is 57.3 Å². The van der Waals surface area contributed by atoms with Crippen molar-refractivity contribution in [3.8, 4) is 6.07 Å². The van der Waals surface area contributed by atoms with Crippen molar-refractivity contribution < 1.29 is 9.69 Å². The maximum absolute atomic E-state index is 12.5. The second-order valence-electron chi connectivity index (χ2n) is 6.77. The van der Waals surface area contributed by atoms with Crippen molar-refractivity contribution >= 4 is 33.6 Å². The predicted molar refractivity (Wildman–Crippen MR) is 103 cm³/mol. The van der Waals surface area contributed by atoms with Gasteiger partial charge in [-0.2, -0.15) is 5.26 Å². The number of rotatable bonds is 5. The van der Waals surface area contributed by atoms with E-state index in [1.54, 1.807) is 22.7 Å². The summed E-state index contributed by atoms with van der Waals surface area (Å²) in [6, 6.07) is 4.44. The summed E-state index contributed by atoms with van der Waals surface area (Å²) in [7, 11) is 2.04. The van der Waals surface area contributed by atoms with Crippen LogP contribution in [0.25, 0.3) is 0 Å². The molecule has 25 heavy (non-hydrogen) atoms. The number of nitriles is 1. The van der Waals surface area contributed by atoms with E-state index in [0.29, 0.717) is 12.1 Å². The lowest BCUT2D eigenvalue weighted by Gasteiger charge is -2.13. The average Bonchev–Trinajstić information content (AvgIpc) is 3.02. The Balaban J connectivity index is 1.65. The summed E-state index contributed by atoms with van der Waals surface area (Å²) in [4.78, 5) is 16.2. The summed E-state index contributed by atoms with van der Waals surface area (Å²) in [5, 5.41) is 15.4. The highest BCUT2D eigenvalue weighted by Gasteiger charge is 2.22. The highest BCUT2D eigenvalue weighted by atomic mass is 32.1. The molecule has 0 bridgehead atoms. The highest BCUT2D eigenvalue weighted by Crippen LogP contribution is 2.36. The van der Waals surface area contributed by atoms with Crippen LogP contribution in [-0.4, -0.2) is 19.5 Å². The number of hydrogen-bond donors (Lipinski definition) is 2. The fourth-order valence-corrected chi connectivity index (χ4v) is 5.59. The largest absolute Gasteiger partial charge is 0.325 e. The van der Waals surface area contributed by atoms with Gasteiger partial charge in [0.25, 0.3) is 5.91 Å². The minimum absolute atomic E-state index is 0.0142. The van der Waals surface area contributed by atoms with E-state index in [2.05, 4.69) is 29.8 Å². The lowest BCUT2D eigenvalue weighted by Crippen LogP contribution is -3.08. The lowest BCUT2D eigenvalue weighted by molar-refractivity contribution is -0.884. The zero-order valence-electron chi connectivity index (χ0n) is 14.8. The second-order valence-corrected chi connectivity index (χ2v) is 8.87. The van der Waals surface area contributed by atoms with Gasteiger partial charge >= 0.3 is 0 Å². The summed E-state index contributed by atoms with van der Waals surface area (Å²) in [5.74, 6) is -0.0142. The molecule has 2 heterocycles. The summed E-state index contributed by atoms with van der Waals surface area (Å²) >= 11 is 3.34. The standard InChI is InChI=1S/C19H23N3OS2/c1-13-8-9-24-17(13)11-22(2)12-18(23)21-19-15(10-20)14-6-4-3-5-7-16(14)25-19/h8-9H,3-7,11-12H2,1-2H3,(H,21,23)/p+1. The SMILES string of the molecule is Cc1ccsc1C[NH+](C)CC(=O)Nc1sc2c(c1C#N)CCCCC2. The van der Waals surface area contributed by atoms with Crippen molar-refractivity contribution in [1.82, 2.24) is 0 Å². The molecule has 1 unspecified atom stereocenters. The van der Waals surface area contributed by atoms with Crippen LogP contribution in [0.4, 0.5) is 5.00 Å². The molecule has 4 nitrogen and oxygen atoms in total. The maximum Gasteiger partial charge on any atom is 0.280 e. The molecule has 1 amide bonds. The van der Waals surface area contributed by atoms with Gasteiger partial charge in [0.15, 0.2) is 6.54 Å². The van der Waals surface area contributed by atoms with E-state index >= 15 is 0 Å². The number of nitrogens with one attached hydrogen (secondary N) is 2. The van der Waals surface area contributed by atoms with Gasteiger partial charge in [-0.05, 0) is 55.2 Å². The van der Waals surface area contributed by atoms with E-state index in [1.807, 2.05) is 7.05 Å². The zero-order chi connectivity index (χ0) is 17.8. The Labute approximate surface area is 157 Å². The highest BCUT2D eigenvalue weighted by molar-refractivity contribution is 7.16. The number of nitrogens with zero attached hydrogens (tertiary/aromatic N) is 1. The van der Waals surface area contributed by atoms with Crippen molar-refractivity contribution in [2.24, 2.45) is 0 Å². The second kappa shape index (κ2) is 8.13. The number of aryl methyl sites for hydroxylation is 2. The predicted octanol–water partition coefficient (Wildman–Crippen LogP) is 2.91. The molecule has 0 aromatic carbocycles. The fraction of sp³-hybridized carbons (Fsp3) is 0.474. The minimum atomic E-state index is -0.0142. The number of quaternary nitrogens is 1. The summed E-state index contributed by atoms with van der Waals surface area (Å²) in [5.41, 5.74) is 3.16. The monoisotopic (exact) mass is 374 g/mol. The van der Waals surface area contributed by atoms with Gasteiger partial charge in [-0.25, -0.2) is 0 Å². The first-order valence-electron chi connectivity index (χ1n) is 8.77. The van der Waals surface area contributed by atoms with Crippen molar-refractivity contribution in [3.63, 3.8) is 0 Å². The maximum atomic E-state index is 12.5. The normalized spacial score (nSPS) is 15.1. The first-order valence-corrected chi connectivity index (χ1v) is 10.5. The van der Waals surface area contributed by atoms with Crippen molar-refractivity contribution in [2.75, 3.05) is 18.9 Å². The fourth-order valence-electron chi connectivity index (χ4n) is 3.32. The molecule has 0 aliphatic heterocycles. The Morgan fingerprint density at radius 2 is 2.16 bits per heavy atom. The van der Waals surface area contributed by atoms with E-state index in [4.69, 9.17) is 0 Å². The van der Waals surface area contributed by atoms with Gasteiger partial charge in [0.1, 0.15) is 17.6 Å². The molecule has 2 aromatic rings. The van der Waals surface area contributed by atoms with Gasteiger partial charge in [0.05, 0.1) is 17.5 Å². The smallest absolute Gasteiger partial charge is 0.280 e. The van der Waals surface area contributed by atoms with Gasteiger partial charge < -0.3 is 10.2 Å². The first-order chi connectivity index (χ1) is 12.1. The van der Waals surface area contributed by atoms with Gasteiger partial charge in [-0.3, -0.25) is 4.79 Å². The molecule has 6 heteroatoms. The number of carbonyl (C=O) groups is 1. The number of fused-ring (bicyclic) bond motifs is 1. The van der Waals surface area contributed by atoms with Crippen molar-refractivity contribution in [3.05, 3.63) is 37.9 Å². The molecular weight excluding hydrogens is 350 g/mol. The van der Waals surface area contributed by atoms with Crippen molar-refractivity contribution in [1.29, 1.82) is 5.26 Å². The van der Waals surface area contributed by atoms with E-state index < -0.39 is 0 Å². The molecule has 3 rings (SSSR count). The van der Waals surface area contributed by atoms with E-state index in [-0.39, 0.29) is 5.91 Å². The van der Waals surface area contributed by atoms with Gasteiger partial charge in [0.2, 0.25) is 0 Å². The van der Waals surface area contributed by atoms with Crippen LogP contribution in [0.3, 0.4) is 0 Å². The van der Waals surface area contributed by atoms with Crippen LogP contribution in [0.15, 0.2) is 11.4 Å². The molecule has 132 valence electrons. The number of hydrogen-bond acceptors (Lipinski definition) is 4. The molecule has 1 aliphatic carbocycles. The molecule has 0 saturated heterocycles. The summed E-state index contributed by atoms with van der Waals surface area (Å²) < 4.78 is 0. The summed E-state index contributed by atoms with van der Waals surface area (Å²) in [6.07, 6.45) is 5.54. The van der Waals surface area contributed by atoms with Crippen LogP contribution in [0, 0.1) is 18.3 Å². The Kier molecular flexibility index (Phi) is 5.89. The van der Waals surface area contributed by atoms with Gasteiger partial charge in [-0.1, -0.05) is 6.42 Å². The van der Waals surface area contributed by atoms with Crippen LogP contribution in [0.5, 0.6) is 0 Å². The lowest BCUT2D eigenvalue weighted by atomic mass is 10.1. The molecule has 0 fully saturated rings. The van der Waals surface area contributed by atoms with E-state index in [0.717, 1.165) is 35.7 Å². The van der Waals surface area contributed by atoms with Crippen LogP contribution >= 0.6 is 22.7 Å². The zero-order valence-corrected chi connectivity index (χ0v) is 16.4. The third kappa shape index (κ3) is 4.30. The van der Waals surface area contributed by atoms with Gasteiger partial charge in [0, 0.05) is 4.88 Å².